The lowest BCUT2D eigenvalue weighted by atomic mass is 10.0. The minimum absolute atomic E-state index is 0.301. The third-order valence-corrected chi connectivity index (χ3v) is 3.60. The van der Waals surface area contributed by atoms with E-state index in [1.807, 2.05) is 0 Å². The number of rotatable bonds is 3. The van der Waals surface area contributed by atoms with Gasteiger partial charge in [-0.15, -0.1) is 0 Å². The molecule has 5 nitrogen and oxygen atoms in total. The maximum absolute atomic E-state index is 12.2. The summed E-state index contributed by atoms with van der Waals surface area (Å²) in [5.41, 5.74) is -5.04. The van der Waals surface area contributed by atoms with Gasteiger partial charge < -0.3 is 8.92 Å². The van der Waals surface area contributed by atoms with Crippen LogP contribution in [-0.4, -0.2) is 19.9 Å². The Hall–Kier alpha value is -2.03. The summed E-state index contributed by atoms with van der Waals surface area (Å²) in [6.07, 6.45) is -0.615. The molecule has 0 radical (unpaired) electrons. The Kier molecular flexibility index (Phi) is 3.95. The molecule has 1 aliphatic rings. The van der Waals surface area contributed by atoms with E-state index in [0.717, 1.165) is 0 Å². The third-order valence-electron chi connectivity index (χ3n) is 2.60. The fourth-order valence-corrected chi connectivity index (χ4v) is 2.18. The number of ether oxygens (including phenoxy) is 1. The maximum atomic E-state index is 12.2. The van der Waals surface area contributed by atoms with Crippen molar-refractivity contribution in [2.75, 3.05) is 0 Å². The number of hydrogen-bond acceptors (Lipinski definition) is 5. The van der Waals surface area contributed by atoms with Crippen LogP contribution in [0.3, 0.4) is 0 Å². The van der Waals surface area contributed by atoms with Crippen molar-refractivity contribution in [2.24, 2.45) is 0 Å². The van der Waals surface area contributed by atoms with Gasteiger partial charge in [-0.05, 0) is 5.56 Å². The van der Waals surface area contributed by atoms with Crippen LogP contribution in [0.2, 0.25) is 0 Å². The van der Waals surface area contributed by atoms with Gasteiger partial charge in [-0.3, -0.25) is 0 Å². The molecule has 0 aliphatic carbocycles. The summed E-state index contributed by atoms with van der Waals surface area (Å²) in [5.74, 6) is -1.58. The molecule has 0 fully saturated rings. The van der Waals surface area contributed by atoms with Gasteiger partial charge in [0.25, 0.3) is 0 Å². The van der Waals surface area contributed by atoms with Crippen molar-refractivity contribution in [2.45, 2.75) is 18.0 Å². The summed E-state index contributed by atoms with van der Waals surface area (Å²) < 4.78 is 67.5. The van der Waals surface area contributed by atoms with Crippen LogP contribution >= 0.6 is 0 Å². The summed E-state index contributed by atoms with van der Waals surface area (Å²) >= 11 is 0. The number of halogens is 3. The van der Waals surface area contributed by atoms with Crippen LogP contribution in [-0.2, 0) is 23.8 Å². The van der Waals surface area contributed by atoms with Crippen molar-refractivity contribution in [3.63, 3.8) is 0 Å². The first-order chi connectivity index (χ1) is 9.69. The molecule has 0 bridgehead atoms. The van der Waals surface area contributed by atoms with Crippen LogP contribution in [0.15, 0.2) is 42.2 Å². The van der Waals surface area contributed by atoms with Gasteiger partial charge in [-0.1, -0.05) is 30.3 Å². The number of hydrogen-bond donors (Lipinski definition) is 0. The van der Waals surface area contributed by atoms with Crippen LogP contribution in [0.5, 0.6) is 0 Å². The van der Waals surface area contributed by atoms with E-state index in [9.17, 15) is 26.4 Å². The van der Waals surface area contributed by atoms with Gasteiger partial charge in [-0.25, -0.2) is 4.79 Å². The molecule has 0 saturated heterocycles. The molecule has 21 heavy (non-hydrogen) atoms. The topological polar surface area (TPSA) is 69.7 Å². The van der Waals surface area contributed by atoms with Crippen molar-refractivity contribution >= 4 is 16.1 Å². The summed E-state index contributed by atoms with van der Waals surface area (Å²) in [7, 11) is -5.80. The van der Waals surface area contributed by atoms with E-state index in [4.69, 9.17) is 4.74 Å². The molecule has 0 amide bonds. The molecule has 2 rings (SSSR count). The van der Waals surface area contributed by atoms with Gasteiger partial charge in [0.2, 0.25) is 0 Å². The molecule has 0 saturated carbocycles. The van der Waals surface area contributed by atoms with Crippen molar-refractivity contribution < 1.29 is 35.3 Å². The Labute approximate surface area is 118 Å². The normalized spacial score (nSPS) is 19.7. The van der Waals surface area contributed by atoms with Crippen molar-refractivity contribution in [3.8, 4) is 0 Å². The summed E-state index contributed by atoms with van der Waals surface area (Å²) in [6, 6.07) is 8.19. The van der Waals surface area contributed by atoms with Gasteiger partial charge >= 0.3 is 21.6 Å². The second kappa shape index (κ2) is 5.40. The summed E-state index contributed by atoms with van der Waals surface area (Å²) in [5, 5.41) is 0. The minimum Gasteiger partial charge on any atom is -0.454 e. The van der Waals surface area contributed by atoms with Gasteiger partial charge in [0.1, 0.15) is 11.9 Å². The molecule has 0 spiro atoms. The smallest absolute Gasteiger partial charge is 0.454 e. The Bertz CT molecular complexity index is 664. The summed E-state index contributed by atoms with van der Waals surface area (Å²) in [4.78, 5) is 11.3. The molecule has 0 unspecified atom stereocenters. The van der Waals surface area contributed by atoms with Gasteiger partial charge in [0, 0.05) is 6.42 Å². The van der Waals surface area contributed by atoms with Crippen LogP contribution in [0, 0.1) is 0 Å². The minimum atomic E-state index is -5.80. The predicted molar refractivity (Wildman–Crippen MR) is 64.0 cm³/mol. The molecule has 1 aliphatic heterocycles. The highest BCUT2D eigenvalue weighted by atomic mass is 32.2. The highest BCUT2D eigenvalue weighted by Crippen LogP contribution is 2.33. The number of alkyl halides is 3. The van der Waals surface area contributed by atoms with Crippen molar-refractivity contribution in [3.05, 3.63) is 47.7 Å². The monoisotopic (exact) mass is 322 g/mol. The zero-order valence-electron chi connectivity index (χ0n) is 10.3. The standard InChI is InChI=1S/C12H9F3O5S/c13-12(14,15)21(17,18)20-9-6-10(19-11(16)7-9)8-4-2-1-3-5-8/h1-5,7,10H,6H2/t10-/m0/s1. The van der Waals surface area contributed by atoms with Crippen LogP contribution in [0.1, 0.15) is 18.1 Å². The lowest BCUT2D eigenvalue weighted by molar-refractivity contribution is -0.145. The predicted octanol–water partition coefficient (Wildman–Crippen LogP) is 2.42. The quantitative estimate of drug-likeness (QED) is 0.486. The molecule has 1 heterocycles. The third kappa shape index (κ3) is 3.54. The first-order valence-electron chi connectivity index (χ1n) is 5.66. The van der Waals surface area contributed by atoms with Gasteiger partial charge in [-0.2, -0.15) is 21.6 Å². The molecular formula is C12H9F3O5S. The molecule has 0 aromatic heterocycles. The molecule has 0 N–H and O–H groups in total. The second-order valence-corrected chi connectivity index (χ2v) is 5.67. The number of carbonyl (C=O) groups excluding carboxylic acids is 1. The first-order valence-corrected chi connectivity index (χ1v) is 7.07. The molecular weight excluding hydrogens is 313 g/mol. The van der Waals surface area contributed by atoms with Crippen molar-refractivity contribution in [1.82, 2.24) is 0 Å². The van der Waals surface area contributed by atoms with Crippen molar-refractivity contribution in [1.29, 1.82) is 0 Å². The van der Waals surface area contributed by atoms with Gasteiger partial charge in [0.05, 0.1) is 6.08 Å². The lowest BCUT2D eigenvalue weighted by Gasteiger charge is -2.23. The van der Waals surface area contributed by atoms with Crippen LogP contribution in [0.4, 0.5) is 13.2 Å². The highest BCUT2D eigenvalue weighted by molar-refractivity contribution is 7.87. The summed E-state index contributed by atoms with van der Waals surface area (Å²) in [6.45, 7) is 0. The van der Waals surface area contributed by atoms with E-state index in [0.29, 0.717) is 11.6 Å². The first kappa shape index (κ1) is 15.4. The Balaban J connectivity index is 2.21. The molecule has 1 aromatic carbocycles. The number of benzene rings is 1. The largest absolute Gasteiger partial charge is 0.534 e. The molecule has 114 valence electrons. The fraction of sp³-hybridized carbons (Fsp3) is 0.250. The molecule has 1 aromatic rings. The SMILES string of the molecule is O=C1C=C(OS(=O)(=O)C(F)(F)F)C[C@@H](c2ccccc2)O1. The second-order valence-electron chi connectivity index (χ2n) is 4.13. The van der Waals surface area contributed by atoms with Crippen LogP contribution < -0.4 is 0 Å². The highest BCUT2D eigenvalue weighted by Gasteiger charge is 2.49. The number of cyclic esters (lactones) is 1. The Morgan fingerprint density at radius 3 is 2.38 bits per heavy atom. The van der Waals surface area contributed by atoms with Crippen LogP contribution in [0.25, 0.3) is 0 Å². The number of carbonyl (C=O) groups is 1. The van der Waals surface area contributed by atoms with E-state index < -0.39 is 33.5 Å². The Morgan fingerprint density at radius 2 is 1.81 bits per heavy atom. The zero-order valence-corrected chi connectivity index (χ0v) is 11.1. The zero-order chi connectivity index (χ0) is 15.7. The van der Waals surface area contributed by atoms with Gasteiger partial charge in [0.15, 0.2) is 0 Å². The van der Waals surface area contributed by atoms with E-state index in [2.05, 4.69) is 4.18 Å². The number of esters is 1. The average Bonchev–Trinajstić information content (AvgIpc) is 2.37. The molecule has 9 heteroatoms. The van der Waals surface area contributed by atoms with E-state index in [1.54, 1.807) is 30.3 Å². The maximum Gasteiger partial charge on any atom is 0.534 e. The van der Waals surface area contributed by atoms with E-state index in [1.165, 1.54) is 0 Å². The Morgan fingerprint density at radius 1 is 1.19 bits per heavy atom. The average molecular weight is 322 g/mol. The molecule has 1 atom stereocenters. The van der Waals surface area contributed by atoms with E-state index >= 15 is 0 Å². The lowest BCUT2D eigenvalue weighted by Crippen LogP contribution is -2.27. The fourth-order valence-electron chi connectivity index (χ4n) is 1.69. The van der Waals surface area contributed by atoms with E-state index in [-0.39, 0.29) is 6.42 Å².